The van der Waals surface area contributed by atoms with Crippen LogP contribution in [0, 0.1) is 10.1 Å². The smallest absolute Gasteiger partial charge is 0.311 e. The van der Waals surface area contributed by atoms with Crippen LogP contribution in [-0.4, -0.2) is 12.0 Å². The summed E-state index contributed by atoms with van der Waals surface area (Å²) in [5.74, 6) is 0.840. The van der Waals surface area contributed by atoms with Gasteiger partial charge in [0.25, 0.3) is 0 Å². The molecule has 0 atom stereocenters. The molecule has 2 aromatic rings. The second-order valence-corrected chi connectivity index (χ2v) is 5.42. The highest BCUT2D eigenvalue weighted by Crippen LogP contribution is 2.31. The van der Waals surface area contributed by atoms with Crippen molar-refractivity contribution in [2.75, 3.05) is 7.11 Å². The highest BCUT2D eigenvalue weighted by atomic mass is 79.9. The van der Waals surface area contributed by atoms with Crippen molar-refractivity contribution in [3.63, 3.8) is 0 Å². The van der Waals surface area contributed by atoms with E-state index >= 15 is 0 Å². The van der Waals surface area contributed by atoms with Crippen LogP contribution in [0.15, 0.2) is 40.9 Å². The first-order chi connectivity index (χ1) is 10.0. The Kier molecular flexibility index (Phi) is 5.03. The van der Waals surface area contributed by atoms with E-state index in [2.05, 4.69) is 15.9 Å². The molecule has 7 heteroatoms. The molecule has 0 aromatic heterocycles. The van der Waals surface area contributed by atoms with Gasteiger partial charge in [0.05, 0.1) is 16.5 Å². The number of rotatable bonds is 5. The Morgan fingerprint density at radius 2 is 2.00 bits per heavy atom. The minimum atomic E-state index is -0.504. The molecule has 0 spiro atoms. The summed E-state index contributed by atoms with van der Waals surface area (Å²) < 4.78 is 11.4. The Morgan fingerprint density at radius 1 is 1.24 bits per heavy atom. The fraction of sp³-hybridized carbons (Fsp3) is 0.143. The van der Waals surface area contributed by atoms with Crippen LogP contribution in [0.5, 0.6) is 11.5 Å². The third-order valence-electron chi connectivity index (χ3n) is 2.73. The molecule has 0 heterocycles. The molecule has 2 rings (SSSR count). The van der Waals surface area contributed by atoms with Crippen molar-refractivity contribution in [2.24, 2.45) is 0 Å². The van der Waals surface area contributed by atoms with Crippen LogP contribution < -0.4 is 9.47 Å². The van der Waals surface area contributed by atoms with E-state index in [1.165, 1.54) is 18.2 Å². The van der Waals surface area contributed by atoms with Crippen LogP contribution in [-0.2, 0) is 6.61 Å². The molecule has 2 aromatic carbocycles. The summed E-state index contributed by atoms with van der Waals surface area (Å²) in [4.78, 5) is 10.4. The predicted octanol–water partition coefficient (Wildman–Crippen LogP) is 4.60. The molecule has 0 aliphatic carbocycles. The molecular weight excluding hydrogens is 362 g/mol. The van der Waals surface area contributed by atoms with Crippen LogP contribution in [0.4, 0.5) is 5.69 Å². The molecule has 5 nitrogen and oxygen atoms in total. The number of hydrogen-bond acceptors (Lipinski definition) is 4. The Balaban J connectivity index is 2.18. The molecule has 0 N–H and O–H groups in total. The van der Waals surface area contributed by atoms with Gasteiger partial charge < -0.3 is 9.47 Å². The van der Waals surface area contributed by atoms with Crippen molar-refractivity contribution in [1.82, 2.24) is 0 Å². The molecule has 0 unspecified atom stereocenters. The second kappa shape index (κ2) is 6.78. The summed E-state index contributed by atoms with van der Waals surface area (Å²) >= 11 is 9.21. The molecule has 0 bridgehead atoms. The summed E-state index contributed by atoms with van der Waals surface area (Å²) in [6.07, 6.45) is 0. The van der Waals surface area contributed by atoms with E-state index in [-0.39, 0.29) is 18.0 Å². The van der Waals surface area contributed by atoms with Crippen LogP contribution in [0.25, 0.3) is 0 Å². The average Bonchev–Trinajstić information content (AvgIpc) is 2.45. The lowest BCUT2D eigenvalue weighted by Crippen LogP contribution is -1.99. The van der Waals surface area contributed by atoms with Crippen molar-refractivity contribution in [3.05, 3.63) is 61.6 Å². The molecule has 0 fully saturated rings. The first-order valence-electron chi connectivity index (χ1n) is 5.90. The highest BCUT2D eigenvalue weighted by molar-refractivity contribution is 9.10. The molecule has 0 aliphatic rings. The zero-order valence-corrected chi connectivity index (χ0v) is 13.3. The lowest BCUT2D eigenvalue weighted by molar-refractivity contribution is -0.385. The number of nitrogens with zero attached hydrogens (tertiary/aromatic N) is 1. The zero-order valence-electron chi connectivity index (χ0n) is 11.0. The number of hydrogen-bond donors (Lipinski definition) is 0. The van der Waals surface area contributed by atoms with Gasteiger partial charge in [-0.3, -0.25) is 10.1 Å². The zero-order chi connectivity index (χ0) is 15.4. The molecule has 0 saturated carbocycles. The van der Waals surface area contributed by atoms with Crippen LogP contribution in [0.1, 0.15) is 5.56 Å². The molecule has 21 heavy (non-hydrogen) atoms. The monoisotopic (exact) mass is 371 g/mol. The van der Waals surface area contributed by atoms with Gasteiger partial charge in [-0.1, -0.05) is 17.7 Å². The number of benzene rings is 2. The topological polar surface area (TPSA) is 61.6 Å². The van der Waals surface area contributed by atoms with E-state index in [1.807, 2.05) is 12.1 Å². The third-order valence-corrected chi connectivity index (χ3v) is 3.58. The van der Waals surface area contributed by atoms with E-state index in [4.69, 9.17) is 21.1 Å². The van der Waals surface area contributed by atoms with Crippen molar-refractivity contribution in [3.8, 4) is 11.5 Å². The first-order valence-corrected chi connectivity index (χ1v) is 7.07. The van der Waals surface area contributed by atoms with Gasteiger partial charge in [-0.15, -0.1) is 0 Å². The number of halogens is 2. The van der Waals surface area contributed by atoms with Gasteiger partial charge in [-0.05, 0) is 39.7 Å². The number of methoxy groups -OCH3 is 1. The minimum Gasteiger partial charge on any atom is -0.496 e. The molecule has 0 amide bonds. The summed E-state index contributed by atoms with van der Waals surface area (Å²) in [5.41, 5.74) is 0.726. The van der Waals surface area contributed by atoms with Crippen LogP contribution >= 0.6 is 27.5 Å². The molecule has 110 valence electrons. The molecule has 0 saturated heterocycles. The Labute approximate surface area is 134 Å². The summed E-state index contributed by atoms with van der Waals surface area (Å²) in [7, 11) is 1.57. The second-order valence-electron chi connectivity index (χ2n) is 4.13. The van der Waals surface area contributed by atoms with E-state index in [1.54, 1.807) is 13.2 Å². The van der Waals surface area contributed by atoms with Gasteiger partial charge in [-0.2, -0.15) is 0 Å². The number of nitro groups is 1. The van der Waals surface area contributed by atoms with Gasteiger partial charge >= 0.3 is 5.69 Å². The number of nitro benzene ring substituents is 1. The Bertz CT molecular complexity index is 678. The van der Waals surface area contributed by atoms with E-state index in [0.717, 1.165) is 10.0 Å². The van der Waals surface area contributed by atoms with E-state index < -0.39 is 4.92 Å². The quantitative estimate of drug-likeness (QED) is 0.568. The van der Waals surface area contributed by atoms with Gasteiger partial charge in [-0.25, -0.2) is 0 Å². The summed E-state index contributed by atoms with van der Waals surface area (Å²) in [6.45, 7) is 0.184. The third kappa shape index (κ3) is 3.86. The lowest BCUT2D eigenvalue weighted by Gasteiger charge is -2.09. The maximum absolute atomic E-state index is 10.9. The van der Waals surface area contributed by atoms with Crippen molar-refractivity contribution >= 4 is 33.2 Å². The first kappa shape index (κ1) is 15.6. The largest absolute Gasteiger partial charge is 0.496 e. The van der Waals surface area contributed by atoms with Gasteiger partial charge in [0.15, 0.2) is 5.75 Å². The van der Waals surface area contributed by atoms with E-state index in [9.17, 15) is 10.1 Å². The normalized spacial score (nSPS) is 10.2. The number of ether oxygens (including phenoxy) is 2. The van der Waals surface area contributed by atoms with Gasteiger partial charge in [0.1, 0.15) is 12.4 Å². The fourth-order valence-corrected chi connectivity index (χ4v) is 2.47. The van der Waals surface area contributed by atoms with Crippen molar-refractivity contribution in [2.45, 2.75) is 6.61 Å². The SMILES string of the molecule is COc1ccc(COc2cc(Cl)ccc2[N+](=O)[O-])cc1Br. The van der Waals surface area contributed by atoms with Crippen molar-refractivity contribution in [1.29, 1.82) is 0 Å². The minimum absolute atomic E-state index is 0.119. The van der Waals surface area contributed by atoms with E-state index in [0.29, 0.717) is 10.8 Å². The highest BCUT2D eigenvalue weighted by Gasteiger charge is 2.15. The molecular formula is C14H11BrClNO4. The lowest BCUT2D eigenvalue weighted by atomic mass is 10.2. The standard InChI is InChI=1S/C14H11BrClNO4/c1-20-13-5-2-9(6-11(13)15)8-21-14-7-10(16)3-4-12(14)17(18)19/h2-7H,8H2,1H3. The van der Waals surface area contributed by atoms with Gasteiger partial charge in [0.2, 0.25) is 0 Å². The van der Waals surface area contributed by atoms with Crippen LogP contribution in [0.3, 0.4) is 0 Å². The summed E-state index contributed by atoms with van der Waals surface area (Å²) in [5, 5.41) is 11.3. The maximum atomic E-state index is 10.9. The predicted molar refractivity (Wildman–Crippen MR) is 83.1 cm³/mol. The van der Waals surface area contributed by atoms with Crippen molar-refractivity contribution < 1.29 is 14.4 Å². The van der Waals surface area contributed by atoms with Crippen LogP contribution in [0.2, 0.25) is 5.02 Å². The Morgan fingerprint density at radius 3 is 2.62 bits per heavy atom. The maximum Gasteiger partial charge on any atom is 0.311 e. The summed E-state index contributed by atoms with van der Waals surface area (Å²) in [6, 6.07) is 9.64. The molecule has 0 radical (unpaired) electrons. The fourth-order valence-electron chi connectivity index (χ4n) is 1.72. The van der Waals surface area contributed by atoms with Gasteiger partial charge in [0, 0.05) is 17.2 Å². The Hall–Kier alpha value is -1.79. The molecule has 0 aliphatic heterocycles. The average molecular weight is 373 g/mol.